The first-order valence-electron chi connectivity index (χ1n) is 21.9. The molecule has 9 rings (SSSR count). The molecule has 0 amide bonds. The van der Waals surface area contributed by atoms with Crippen LogP contribution in [0.25, 0.3) is 0 Å². The minimum Gasteiger partial charge on any atom is -0.393 e. The molecule has 0 spiro atoms. The summed E-state index contributed by atoms with van der Waals surface area (Å²) in [5.74, 6) is -1.12. The van der Waals surface area contributed by atoms with E-state index in [1.54, 1.807) is 18.2 Å². The van der Waals surface area contributed by atoms with E-state index >= 15 is 0 Å². The summed E-state index contributed by atoms with van der Waals surface area (Å²) < 4.78 is 12.7. The summed E-state index contributed by atoms with van der Waals surface area (Å²) in [4.78, 5) is 48.7. The second-order valence-electron chi connectivity index (χ2n) is 20.5. The van der Waals surface area contributed by atoms with Crippen LogP contribution in [0.4, 0.5) is 0 Å². The molecule has 0 radical (unpaired) electrons. The fourth-order valence-electron chi connectivity index (χ4n) is 15.4. The Bertz CT molecular complexity index is 1940. The zero-order valence-corrected chi connectivity index (χ0v) is 36.0. The monoisotopic (exact) mass is 838 g/mol. The fraction of sp³-hybridized carbons (Fsp3) is 0.745. The first-order chi connectivity index (χ1) is 27.7. The van der Waals surface area contributed by atoms with Crippen LogP contribution in [0.5, 0.6) is 0 Å². The maximum absolute atomic E-state index is 13.2. The van der Waals surface area contributed by atoms with Gasteiger partial charge in [0.15, 0.2) is 35.0 Å². The Morgan fingerprint density at radius 1 is 0.847 bits per heavy atom. The number of alkyl halides is 1. The van der Waals surface area contributed by atoms with E-state index in [2.05, 4.69) is 20.8 Å². The molecule has 324 valence electrons. The second-order valence-corrected chi connectivity index (χ2v) is 21.1. The lowest BCUT2D eigenvalue weighted by Crippen LogP contribution is -2.69. The molecule has 5 N–H and O–H groups in total. The largest absolute Gasteiger partial charge is 0.393 e. The lowest BCUT2D eigenvalue weighted by Gasteiger charge is -2.63. The van der Waals surface area contributed by atoms with E-state index in [-0.39, 0.29) is 64.7 Å². The van der Waals surface area contributed by atoms with Gasteiger partial charge in [-0.3, -0.25) is 19.2 Å². The van der Waals surface area contributed by atoms with Crippen LogP contribution >= 0.6 is 11.6 Å². The second kappa shape index (κ2) is 14.3. The number of Topliss-reactive ketones (excluding diaryl/α,β-unsaturated/α-hetero) is 2. The van der Waals surface area contributed by atoms with Gasteiger partial charge in [-0.25, -0.2) is 0 Å². The van der Waals surface area contributed by atoms with E-state index in [0.29, 0.717) is 38.5 Å². The molecule has 0 aromatic carbocycles. The summed E-state index contributed by atoms with van der Waals surface area (Å²) in [5, 5.41) is 53.7. The first kappa shape index (κ1) is 43.3. The number of carbonyl (C=O) groups excluding carboxylic acids is 4. The molecule has 7 fully saturated rings. The van der Waals surface area contributed by atoms with E-state index < -0.39 is 75.9 Å². The van der Waals surface area contributed by atoms with Crippen molar-refractivity contribution in [2.75, 3.05) is 13.2 Å². The van der Waals surface area contributed by atoms with Gasteiger partial charge in [0.2, 0.25) is 0 Å². The van der Waals surface area contributed by atoms with Gasteiger partial charge >= 0.3 is 0 Å². The highest BCUT2D eigenvalue weighted by Gasteiger charge is 2.77. The maximum atomic E-state index is 13.2. The van der Waals surface area contributed by atoms with E-state index in [1.807, 2.05) is 32.9 Å². The van der Waals surface area contributed by atoms with Gasteiger partial charge in [0.25, 0.3) is 0 Å². The lowest BCUT2D eigenvalue weighted by molar-refractivity contribution is -0.200. The minimum absolute atomic E-state index is 0.0125. The first-order valence-corrected chi connectivity index (χ1v) is 22.3. The van der Waals surface area contributed by atoms with Crippen molar-refractivity contribution in [1.82, 2.24) is 0 Å². The van der Waals surface area contributed by atoms with Gasteiger partial charge in [-0.15, -0.1) is 11.6 Å². The Kier molecular flexibility index (Phi) is 10.5. The quantitative estimate of drug-likeness (QED) is 0.230. The number of hydrogen-bond donors (Lipinski definition) is 5. The molecule has 11 nitrogen and oxygen atoms in total. The third-order valence-corrected chi connectivity index (χ3v) is 19.1. The van der Waals surface area contributed by atoms with Gasteiger partial charge in [0, 0.05) is 27.6 Å². The van der Waals surface area contributed by atoms with Gasteiger partial charge in [-0.05, 0) is 112 Å². The highest BCUT2D eigenvalue weighted by atomic mass is 35.5. The molecule has 12 heteroatoms. The number of allylic oxidation sites excluding steroid dienone is 8. The van der Waals surface area contributed by atoms with Crippen LogP contribution in [-0.4, -0.2) is 103 Å². The number of carbonyl (C=O) groups is 4. The van der Waals surface area contributed by atoms with E-state index in [1.165, 1.54) is 6.08 Å². The molecular formula is C47H63ClO11. The van der Waals surface area contributed by atoms with Crippen LogP contribution in [0.3, 0.4) is 0 Å². The number of rotatable bonds is 6. The highest BCUT2D eigenvalue weighted by Crippen LogP contribution is 2.72. The summed E-state index contributed by atoms with van der Waals surface area (Å²) >= 11 is 7.30. The molecule has 1 saturated heterocycles. The Labute approximate surface area is 352 Å². The van der Waals surface area contributed by atoms with Crippen molar-refractivity contribution in [3.63, 3.8) is 0 Å². The average Bonchev–Trinajstić information content (AvgIpc) is 3.75. The van der Waals surface area contributed by atoms with Crippen molar-refractivity contribution in [3.05, 3.63) is 47.6 Å². The fourth-order valence-corrected chi connectivity index (χ4v) is 15.9. The van der Waals surface area contributed by atoms with E-state index in [4.69, 9.17) is 21.1 Å². The predicted molar refractivity (Wildman–Crippen MR) is 218 cm³/mol. The number of aliphatic hydroxyl groups excluding tert-OH is 4. The average molecular weight is 839 g/mol. The topological polar surface area (TPSA) is 188 Å². The molecule has 17 atom stereocenters. The lowest BCUT2D eigenvalue weighted by atomic mass is 9.45. The molecule has 0 unspecified atom stereocenters. The van der Waals surface area contributed by atoms with Crippen LogP contribution < -0.4 is 0 Å². The molecule has 6 saturated carbocycles. The van der Waals surface area contributed by atoms with Crippen LogP contribution in [0.15, 0.2) is 47.6 Å². The van der Waals surface area contributed by atoms with Crippen LogP contribution in [-0.2, 0) is 28.7 Å². The predicted octanol–water partition coefficient (Wildman–Crippen LogP) is 4.88. The zero-order chi connectivity index (χ0) is 42.9. The van der Waals surface area contributed by atoms with Crippen molar-refractivity contribution < 1.29 is 54.2 Å². The third-order valence-electron chi connectivity index (χ3n) is 18.2. The van der Waals surface area contributed by atoms with Gasteiger partial charge in [0.1, 0.15) is 18.8 Å². The SMILES string of the molecule is CCC[C@@H]1O[C@@H]2C[C@H]3[C@@H]4CCC5=CC(=O)C=C[C@]5(C)[C@H]4[C@@H](O)C[C@]3(C)[C@]2(C(=O)CO)O1.C[C@H]1C[C@H]2[C@@H]3CCC4=CC(=O)C=C[C@]4(C)[C@@]3(Cl)[C@@H](O)C[C@]2(C)[C@@]1(O)C(=O)CO. The van der Waals surface area contributed by atoms with Crippen LogP contribution in [0.2, 0.25) is 0 Å². The number of ether oxygens (including phenoxy) is 2. The van der Waals surface area contributed by atoms with E-state index in [9.17, 15) is 44.7 Å². The molecule has 59 heavy (non-hydrogen) atoms. The van der Waals surface area contributed by atoms with Crippen molar-refractivity contribution in [3.8, 4) is 0 Å². The minimum atomic E-state index is -1.68. The van der Waals surface area contributed by atoms with Gasteiger partial charge < -0.3 is 35.0 Å². The maximum Gasteiger partial charge on any atom is 0.193 e. The zero-order valence-electron chi connectivity index (χ0n) is 35.3. The number of hydrogen-bond acceptors (Lipinski definition) is 11. The molecule has 0 bridgehead atoms. The molecule has 1 heterocycles. The number of halogens is 1. The molecule has 1 aliphatic heterocycles. The smallest absolute Gasteiger partial charge is 0.193 e. The molecular weight excluding hydrogens is 776 g/mol. The molecule has 9 aliphatic rings. The van der Waals surface area contributed by atoms with Crippen molar-refractivity contribution >= 4 is 34.7 Å². The Hall–Kier alpha value is -2.35. The summed E-state index contributed by atoms with van der Waals surface area (Å²) in [5.41, 5.74) is -3.30. The van der Waals surface area contributed by atoms with Gasteiger partial charge in [-0.2, -0.15) is 0 Å². The highest BCUT2D eigenvalue weighted by molar-refractivity contribution is 6.26. The van der Waals surface area contributed by atoms with Crippen LogP contribution in [0, 0.1) is 57.2 Å². The summed E-state index contributed by atoms with van der Waals surface area (Å²) in [6.07, 6.45) is 14.5. The molecule has 0 aromatic heterocycles. The van der Waals surface area contributed by atoms with E-state index in [0.717, 1.165) is 30.4 Å². The van der Waals surface area contributed by atoms with Gasteiger partial charge in [0.05, 0.1) is 23.2 Å². The molecule has 0 aromatic rings. The van der Waals surface area contributed by atoms with Crippen molar-refractivity contribution in [2.45, 2.75) is 146 Å². The third kappa shape index (κ3) is 5.50. The number of aliphatic hydroxyl groups is 5. The van der Waals surface area contributed by atoms with Crippen LogP contribution in [0.1, 0.15) is 106 Å². The Morgan fingerprint density at radius 2 is 1.49 bits per heavy atom. The summed E-state index contributed by atoms with van der Waals surface area (Å²) in [7, 11) is 0. The summed E-state index contributed by atoms with van der Waals surface area (Å²) in [6, 6.07) is 0. The summed E-state index contributed by atoms with van der Waals surface area (Å²) in [6.45, 7) is 10.6. The number of fused-ring (bicyclic) bond motifs is 12. The van der Waals surface area contributed by atoms with Crippen molar-refractivity contribution in [1.29, 1.82) is 0 Å². The normalized spacial score (nSPS) is 51.4. The van der Waals surface area contributed by atoms with Gasteiger partial charge in [-0.1, -0.05) is 71.3 Å². The Morgan fingerprint density at radius 3 is 2.15 bits per heavy atom. The molecule has 8 aliphatic carbocycles. The number of ketones is 4. The standard InChI is InChI=1S/C25H34O6.C22H29ClO5/c1-4-5-21-30-20-11-17-16-7-6-14-10-15(27)8-9-23(14,2)22(16)18(28)12-24(17,3)25(20,31-21)19(29)13-26;1-12-8-16-15-5-4-13-9-14(25)6-7-19(13,2)21(15,23)17(26)10-20(16,3)22(12,28)18(27)11-24/h8-10,16-18,20-22,26,28H,4-7,11-13H2,1-3H3;6-7,9,12,15-17,24,26,28H,4-5,8,10-11H2,1-3H3/t16-,17-,18-,20+,21+,22+,23-,24-,25+;12-,15-,16-,17-,19-,20-,21-,22-/m00/s1. The van der Waals surface area contributed by atoms with Crippen molar-refractivity contribution in [2.24, 2.45) is 57.2 Å². The Balaban J connectivity index is 0.000000165.